The summed E-state index contributed by atoms with van der Waals surface area (Å²) in [5.41, 5.74) is 3.22. The molecular weight excluding hydrogens is 302 g/mol. The Balaban J connectivity index is 1.58. The Morgan fingerprint density at radius 2 is 1.88 bits per heavy atom. The molecule has 0 spiro atoms. The van der Waals surface area contributed by atoms with Gasteiger partial charge in [0.2, 0.25) is 0 Å². The molecule has 1 amide bonds. The van der Waals surface area contributed by atoms with Crippen LogP contribution in [0.15, 0.2) is 61.2 Å². The second-order valence-electron chi connectivity index (χ2n) is 5.29. The van der Waals surface area contributed by atoms with Crippen LogP contribution >= 0.6 is 0 Å². The van der Waals surface area contributed by atoms with Gasteiger partial charge >= 0.3 is 0 Å². The number of aryl methyl sites for hydroxylation is 1. The number of nitrogens with zero attached hydrogens (tertiary/aromatic N) is 3. The SMILES string of the molecule is Cc1cncc(NCc2ccc(NC(=O)c3cccnc3)cc2)n1. The summed E-state index contributed by atoms with van der Waals surface area (Å²) in [6, 6.07) is 11.1. The molecule has 0 radical (unpaired) electrons. The zero-order valence-corrected chi connectivity index (χ0v) is 13.2. The Bertz CT molecular complexity index is 818. The highest BCUT2D eigenvalue weighted by Crippen LogP contribution is 2.12. The molecule has 6 heteroatoms. The number of anilines is 2. The lowest BCUT2D eigenvalue weighted by atomic mass is 10.2. The van der Waals surface area contributed by atoms with Gasteiger partial charge in [-0.3, -0.25) is 14.8 Å². The summed E-state index contributed by atoms with van der Waals surface area (Å²) in [6.07, 6.45) is 6.58. The van der Waals surface area contributed by atoms with Crippen molar-refractivity contribution in [1.82, 2.24) is 15.0 Å². The fourth-order valence-corrected chi connectivity index (χ4v) is 2.15. The van der Waals surface area contributed by atoms with Crippen LogP contribution in [0.2, 0.25) is 0 Å². The number of carbonyl (C=O) groups excluding carboxylic acids is 1. The van der Waals surface area contributed by atoms with E-state index in [4.69, 9.17) is 0 Å². The van der Waals surface area contributed by atoms with Gasteiger partial charge in [-0.05, 0) is 36.8 Å². The molecule has 0 aliphatic heterocycles. The van der Waals surface area contributed by atoms with E-state index in [9.17, 15) is 4.79 Å². The number of nitrogens with one attached hydrogen (secondary N) is 2. The van der Waals surface area contributed by atoms with E-state index in [1.807, 2.05) is 31.2 Å². The molecule has 2 N–H and O–H groups in total. The normalized spacial score (nSPS) is 10.2. The van der Waals surface area contributed by atoms with Crippen molar-refractivity contribution in [2.75, 3.05) is 10.6 Å². The number of carbonyl (C=O) groups is 1. The van der Waals surface area contributed by atoms with Gasteiger partial charge < -0.3 is 10.6 Å². The van der Waals surface area contributed by atoms with E-state index in [0.29, 0.717) is 12.1 Å². The van der Waals surface area contributed by atoms with E-state index in [2.05, 4.69) is 25.6 Å². The molecule has 0 saturated carbocycles. The van der Waals surface area contributed by atoms with Crippen molar-refractivity contribution in [1.29, 1.82) is 0 Å². The molecule has 24 heavy (non-hydrogen) atoms. The third kappa shape index (κ3) is 4.13. The minimum atomic E-state index is -0.177. The average Bonchev–Trinajstić information content (AvgIpc) is 2.62. The summed E-state index contributed by atoms with van der Waals surface area (Å²) in [6.45, 7) is 2.53. The molecular formula is C18H17N5O. The zero-order valence-electron chi connectivity index (χ0n) is 13.2. The summed E-state index contributed by atoms with van der Waals surface area (Å²) in [4.78, 5) is 24.4. The predicted molar refractivity (Wildman–Crippen MR) is 92.7 cm³/mol. The summed E-state index contributed by atoms with van der Waals surface area (Å²) < 4.78 is 0. The van der Waals surface area contributed by atoms with Crippen LogP contribution in [-0.4, -0.2) is 20.9 Å². The molecule has 0 saturated heterocycles. The Morgan fingerprint density at radius 3 is 2.58 bits per heavy atom. The van der Waals surface area contributed by atoms with Gasteiger partial charge in [-0.1, -0.05) is 12.1 Å². The standard InChI is InChI=1S/C18H17N5O/c1-13-9-20-12-17(22-13)21-10-14-4-6-16(7-5-14)23-18(24)15-3-2-8-19-11-15/h2-9,11-12H,10H2,1H3,(H,21,22)(H,23,24). The minimum absolute atomic E-state index is 0.177. The largest absolute Gasteiger partial charge is 0.365 e. The molecule has 6 nitrogen and oxygen atoms in total. The van der Waals surface area contributed by atoms with E-state index in [0.717, 1.165) is 22.8 Å². The summed E-state index contributed by atoms with van der Waals surface area (Å²) in [7, 11) is 0. The third-order valence-electron chi connectivity index (χ3n) is 3.36. The number of benzene rings is 1. The van der Waals surface area contributed by atoms with Crippen LogP contribution < -0.4 is 10.6 Å². The monoisotopic (exact) mass is 319 g/mol. The topological polar surface area (TPSA) is 79.8 Å². The van der Waals surface area contributed by atoms with Gasteiger partial charge in [0.15, 0.2) is 0 Å². The lowest BCUT2D eigenvalue weighted by Crippen LogP contribution is -2.12. The maximum Gasteiger partial charge on any atom is 0.257 e. The second kappa shape index (κ2) is 7.32. The van der Waals surface area contributed by atoms with Crippen LogP contribution in [0.5, 0.6) is 0 Å². The summed E-state index contributed by atoms with van der Waals surface area (Å²) >= 11 is 0. The number of aromatic nitrogens is 3. The molecule has 0 unspecified atom stereocenters. The maximum atomic E-state index is 12.1. The van der Waals surface area contributed by atoms with Gasteiger partial charge in [0, 0.05) is 30.8 Å². The van der Waals surface area contributed by atoms with E-state index < -0.39 is 0 Å². The van der Waals surface area contributed by atoms with Crippen LogP contribution in [-0.2, 0) is 6.54 Å². The number of pyridine rings is 1. The lowest BCUT2D eigenvalue weighted by Gasteiger charge is -2.08. The van der Waals surface area contributed by atoms with Crippen molar-refractivity contribution >= 4 is 17.4 Å². The maximum absolute atomic E-state index is 12.1. The fraction of sp³-hybridized carbons (Fsp3) is 0.111. The molecule has 2 aromatic heterocycles. The molecule has 3 aromatic rings. The van der Waals surface area contributed by atoms with Gasteiger partial charge in [-0.25, -0.2) is 4.98 Å². The number of rotatable bonds is 5. The van der Waals surface area contributed by atoms with Gasteiger partial charge in [-0.15, -0.1) is 0 Å². The van der Waals surface area contributed by atoms with E-state index in [1.165, 1.54) is 6.20 Å². The average molecular weight is 319 g/mol. The van der Waals surface area contributed by atoms with Crippen LogP contribution in [0.25, 0.3) is 0 Å². The Labute approximate surface area is 140 Å². The van der Waals surface area contributed by atoms with Crippen molar-refractivity contribution in [2.24, 2.45) is 0 Å². The smallest absolute Gasteiger partial charge is 0.257 e. The number of hydrogen-bond acceptors (Lipinski definition) is 5. The first-order valence-electron chi connectivity index (χ1n) is 7.53. The zero-order chi connectivity index (χ0) is 16.8. The van der Waals surface area contributed by atoms with Crippen LogP contribution in [0.4, 0.5) is 11.5 Å². The lowest BCUT2D eigenvalue weighted by molar-refractivity contribution is 0.102. The number of hydrogen-bond donors (Lipinski definition) is 2. The minimum Gasteiger partial charge on any atom is -0.365 e. The van der Waals surface area contributed by atoms with E-state index in [1.54, 1.807) is 30.7 Å². The van der Waals surface area contributed by atoms with Crippen molar-refractivity contribution in [2.45, 2.75) is 13.5 Å². The molecule has 120 valence electrons. The van der Waals surface area contributed by atoms with Crippen molar-refractivity contribution in [3.63, 3.8) is 0 Å². The molecule has 0 aliphatic rings. The Morgan fingerprint density at radius 1 is 1.04 bits per heavy atom. The molecule has 0 fully saturated rings. The van der Waals surface area contributed by atoms with Crippen molar-refractivity contribution < 1.29 is 4.79 Å². The molecule has 1 aromatic carbocycles. The highest BCUT2D eigenvalue weighted by Gasteiger charge is 2.05. The highest BCUT2D eigenvalue weighted by molar-refractivity contribution is 6.03. The van der Waals surface area contributed by atoms with Crippen molar-refractivity contribution in [3.05, 3.63) is 78.0 Å². The first kappa shape index (κ1) is 15.6. The first-order valence-corrected chi connectivity index (χ1v) is 7.53. The Hall–Kier alpha value is -3.28. The van der Waals surface area contributed by atoms with E-state index >= 15 is 0 Å². The summed E-state index contributed by atoms with van der Waals surface area (Å²) in [5.74, 6) is 0.563. The van der Waals surface area contributed by atoms with Crippen LogP contribution in [0.3, 0.4) is 0 Å². The van der Waals surface area contributed by atoms with Gasteiger partial charge in [0.25, 0.3) is 5.91 Å². The molecule has 2 heterocycles. The predicted octanol–water partition coefficient (Wildman–Crippen LogP) is 3.04. The second-order valence-corrected chi connectivity index (χ2v) is 5.29. The summed E-state index contributed by atoms with van der Waals surface area (Å²) in [5, 5.41) is 6.06. The quantitative estimate of drug-likeness (QED) is 0.755. The van der Waals surface area contributed by atoms with Crippen LogP contribution in [0, 0.1) is 6.92 Å². The van der Waals surface area contributed by atoms with Crippen LogP contribution in [0.1, 0.15) is 21.6 Å². The van der Waals surface area contributed by atoms with Gasteiger partial charge in [0.05, 0.1) is 17.5 Å². The molecule has 3 rings (SSSR count). The third-order valence-corrected chi connectivity index (χ3v) is 3.36. The molecule has 0 atom stereocenters. The molecule has 0 aliphatic carbocycles. The Kier molecular flexibility index (Phi) is 4.76. The highest BCUT2D eigenvalue weighted by atomic mass is 16.1. The van der Waals surface area contributed by atoms with Gasteiger partial charge in [-0.2, -0.15) is 0 Å². The first-order chi connectivity index (χ1) is 11.7. The van der Waals surface area contributed by atoms with Crippen molar-refractivity contribution in [3.8, 4) is 0 Å². The number of amides is 1. The van der Waals surface area contributed by atoms with Gasteiger partial charge in [0.1, 0.15) is 5.82 Å². The fourth-order valence-electron chi connectivity index (χ4n) is 2.15. The van der Waals surface area contributed by atoms with E-state index in [-0.39, 0.29) is 5.91 Å². The molecule has 0 bridgehead atoms.